The van der Waals surface area contributed by atoms with Gasteiger partial charge in [-0.2, -0.15) is 0 Å². The maximum atomic E-state index is 5.73. The number of nitrogens with two attached hydrogens (primary N) is 1. The summed E-state index contributed by atoms with van der Waals surface area (Å²) in [5.41, 5.74) is 8.52. The van der Waals surface area contributed by atoms with E-state index in [0.717, 1.165) is 41.4 Å². The molecule has 21 heavy (non-hydrogen) atoms. The van der Waals surface area contributed by atoms with Crippen LogP contribution < -0.4 is 5.73 Å². The van der Waals surface area contributed by atoms with E-state index in [-0.39, 0.29) is 0 Å². The summed E-state index contributed by atoms with van der Waals surface area (Å²) in [7, 11) is 0. The number of aromatic nitrogens is 4. The quantitative estimate of drug-likeness (QED) is 0.745. The van der Waals surface area contributed by atoms with Gasteiger partial charge in [-0.25, -0.2) is 15.0 Å². The van der Waals surface area contributed by atoms with Crippen LogP contribution in [0.1, 0.15) is 19.0 Å². The van der Waals surface area contributed by atoms with Gasteiger partial charge in [0.15, 0.2) is 0 Å². The molecule has 2 aromatic heterocycles. The zero-order valence-corrected chi connectivity index (χ0v) is 11.9. The second-order valence-corrected chi connectivity index (χ2v) is 4.86. The van der Waals surface area contributed by atoms with Crippen LogP contribution in [0.15, 0.2) is 49.1 Å². The van der Waals surface area contributed by atoms with Crippen molar-refractivity contribution < 1.29 is 0 Å². The molecule has 0 aliphatic carbocycles. The van der Waals surface area contributed by atoms with Gasteiger partial charge in [-0.1, -0.05) is 13.3 Å². The molecule has 0 amide bonds. The summed E-state index contributed by atoms with van der Waals surface area (Å²) in [5.74, 6) is 1.67. The molecule has 3 aromatic rings. The molecular formula is C16H17N5. The summed E-state index contributed by atoms with van der Waals surface area (Å²) in [4.78, 5) is 13.1. The van der Waals surface area contributed by atoms with E-state index in [0.29, 0.717) is 0 Å². The fourth-order valence-electron chi connectivity index (χ4n) is 2.24. The lowest BCUT2D eigenvalue weighted by atomic mass is 10.2. The molecule has 5 nitrogen and oxygen atoms in total. The number of hydrogen-bond acceptors (Lipinski definition) is 4. The van der Waals surface area contributed by atoms with Crippen LogP contribution in [0.3, 0.4) is 0 Å². The number of nitrogens with zero attached hydrogens (tertiary/aromatic N) is 4. The van der Waals surface area contributed by atoms with E-state index in [1.807, 2.05) is 41.1 Å². The Morgan fingerprint density at radius 2 is 1.90 bits per heavy atom. The molecular weight excluding hydrogens is 262 g/mol. The summed E-state index contributed by atoms with van der Waals surface area (Å²) >= 11 is 0. The van der Waals surface area contributed by atoms with E-state index in [2.05, 4.69) is 21.9 Å². The first-order chi connectivity index (χ1) is 10.3. The van der Waals surface area contributed by atoms with Crippen molar-refractivity contribution in [2.45, 2.75) is 19.8 Å². The van der Waals surface area contributed by atoms with E-state index < -0.39 is 0 Å². The van der Waals surface area contributed by atoms with Crippen molar-refractivity contribution in [3.05, 3.63) is 54.7 Å². The molecule has 106 valence electrons. The molecule has 0 aliphatic heterocycles. The molecule has 2 heterocycles. The van der Waals surface area contributed by atoms with E-state index in [4.69, 9.17) is 5.73 Å². The molecule has 0 radical (unpaired) electrons. The standard InChI is InChI=1S/C16H17N5/c1-2-3-14-10-15(20-11-19-14)21-9-8-18-16(21)12-4-6-13(17)7-5-12/h4-11H,2-3,17H2,1H3. The Morgan fingerprint density at radius 3 is 2.67 bits per heavy atom. The lowest BCUT2D eigenvalue weighted by Crippen LogP contribution is -2.02. The van der Waals surface area contributed by atoms with Crippen molar-refractivity contribution in [3.63, 3.8) is 0 Å². The normalized spacial score (nSPS) is 10.7. The fraction of sp³-hybridized carbons (Fsp3) is 0.188. The van der Waals surface area contributed by atoms with Crippen LogP contribution in [-0.2, 0) is 6.42 Å². The Labute approximate surface area is 123 Å². The Balaban J connectivity index is 2.02. The van der Waals surface area contributed by atoms with Gasteiger partial charge in [0.05, 0.1) is 0 Å². The SMILES string of the molecule is CCCc1cc(-n2ccnc2-c2ccc(N)cc2)ncn1. The molecule has 1 aromatic carbocycles. The summed E-state index contributed by atoms with van der Waals surface area (Å²) in [6.07, 6.45) is 7.29. The zero-order chi connectivity index (χ0) is 14.7. The lowest BCUT2D eigenvalue weighted by Gasteiger charge is -2.08. The van der Waals surface area contributed by atoms with Crippen LogP contribution in [0.25, 0.3) is 17.2 Å². The van der Waals surface area contributed by atoms with Crippen molar-refractivity contribution in [1.82, 2.24) is 19.5 Å². The van der Waals surface area contributed by atoms with E-state index in [1.165, 1.54) is 0 Å². The molecule has 0 spiro atoms. The highest BCUT2D eigenvalue weighted by Gasteiger charge is 2.09. The van der Waals surface area contributed by atoms with Crippen molar-refractivity contribution in [2.24, 2.45) is 0 Å². The minimum atomic E-state index is 0.740. The molecule has 3 rings (SSSR count). The number of imidazole rings is 1. The molecule has 5 heteroatoms. The minimum absolute atomic E-state index is 0.740. The monoisotopic (exact) mass is 279 g/mol. The molecule has 0 bridgehead atoms. The fourth-order valence-corrected chi connectivity index (χ4v) is 2.24. The van der Waals surface area contributed by atoms with Crippen LogP contribution in [0.5, 0.6) is 0 Å². The maximum absolute atomic E-state index is 5.73. The third kappa shape index (κ3) is 2.76. The van der Waals surface area contributed by atoms with Gasteiger partial charge in [0.25, 0.3) is 0 Å². The number of hydrogen-bond donors (Lipinski definition) is 1. The molecule has 0 aliphatic rings. The van der Waals surface area contributed by atoms with Gasteiger partial charge < -0.3 is 5.73 Å². The lowest BCUT2D eigenvalue weighted by molar-refractivity contribution is 0.858. The molecule has 0 saturated heterocycles. The largest absolute Gasteiger partial charge is 0.399 e. The number of benzene rings is 1. The number of rotatable bonds is 4. The Morgan fingerprint density at radius 1 is 1.10 bits per heavy atom. The minimum Gasteiger partial charge on any atom is -0.399 e. The summed E-state index contributed by atoms with van der Waals surface area (Å²) in [6, 6.07) is 9.67. The highest BCUT2D eigenvalue weighted by Crippen LogP contribution is 2.21. The van der Waals surface area contributed by atoms with Crippen molar-refractivity contribution >= 4 is 5.69 Å². The van der Waals surface area contributed by atoms with Crippen molar-refractivity contribution in [3.8, 4) is 17.2 Å². The van der Waals surface area contributed by atoms with Crippen LogP contribution in [0, 0.1) is 0 Å². The Bertz CT molecular complexity index is 730. The van der Waals surface area contributed by atoms with Crippen LogP contribution in [0.4, 0.5) is 5.69 Å². The first-order valence-electron chi connectivity index (χ1n) is 6.98. The number of anilines is 1. The van der Waals surface area contributed by atoms with Gasteiger partial charge in [-0.15, -0.1) is 0 Å². The van der Waals surface area contributed by atoms with Gasteiger partial charge in [0, 0.05) is 35.4 Å². The molecule has 0 fully saturated rings. The summed E-state index contributed by atoms with van der Waals surface area (Å²) < 4.78 is 1.96. The molecule has 2 N–H and O–H groups in total. The van der Waals surface area contributed by atoms with Crippen LogP contribution in [0.2, 0.25) is 0 Å². The predicted octanol–water partition coefficient (Wildman–Crippen LogP) is 2.86. The van der Waals surface area contributed by atoms with E-state index >= 15 is 0 Å². The van der Waals surface area contributed by atoms with Crippen LogP contribution in [-0.4, -0.2) is 19.5 Å². The third-order valence-corrected chi connectivity index (χ3v) is 3.27. The van der Waals surface area contributed by atoms with Gasteiger partial charge in [0.2, 0.25) is 0 Å². The van der Waals surface area contributed by atoms with E-state index in [9.17, 15) is 0 Å². The highest BCUT2D eigenvalue weighted by atomic mass is 15.1. The first kappa shape index (κ1) is 13.3. The van der Waals surface area contributed by atoms with Gasteiger partial charge in [-0.3, -0.25) is 4.57 Å². The highest BCUT2D eigenvalue weighted by molar-refractivity contribution is 5.60. The van der Waals surface area contributed by atoms with Gasteiger partial charge in [0.1, 0.15) is 18.0 Å². The third-order valence-electron chi connectivity index (χ3n) is 3.27. The molecule has 0 unspecified atom stereocenters. The topological polar surface area (TPSA) is 69.6 Å². The van der Waals surface area contributed by atoms with Crippen molar-refractivity contribution in [2.75, 3.05) is 5.73 Å². The van der Waals surface area contributed by atoms with Gasteiger partial charge >= 0.3 is 0 Å². The number of aryl methyl sites for hydroxylation is 1. The second-order valence-electron chi connectivity index (χ2n) is 4.86. The number of nitrogen functional groups attached to an aromatic ring is 1. The zero-order valence-electron chi connectivity index (χ0n) is 11.9. The first-order valence-corrected chi connectivity index (χ1v) is 6.98. The average Bonchev–Trinajstić information content (AvgIpc) is 2.98. The molecule has 0 atom stereocenters. The van der Waals surface area contributed by atoms with Gasteiger partial charge in [-0.05, 0) is 30.7 Å². The summed E-state index contributed by atoms with van der Waals surface area (Å²) in [5, 5.41) is 0. The van der Waals surface area contributed by atoms with Crippen molar-refractivity contribution in [1.29, 1.82) is 0 Å². The van der Waals surface area contributed by atoms with Crippen LogP contribution >= 0.6 is 0 Å². The average molecular weight is 279 g/mol. The Hall–Kier alpha value is -2.69. The predicted molar refractivity (Wildman–Crippen MR) is 83.0 cm³/mol. The van der Waals surface area contributed by atoms with E-state index in [1.54, 1.807) is 12.5 Å². The summed E-state index contributed by atoms with van der Waals surface area (Å²) in [6.45, 7) is 2.14. The Kier molecular flexibility index (Phi) is 3.64. The second kappa shape index (κ2) is 5.75. The maximum Gasteiger partial charge on any atom is 0.145 e. The smallest absolute Gasteiger partial charge is 0.145 e. The molecule has 0 saturated carbocycles.